The number of hydrogen-bond acceptors (Lipinski definition) is 8. The molecule has 0 aliphatic carbocycles. The number of anilines is 1. The number of aromatic nitrogens is 2. The highest BCUT2D eigenvalue weighted by Crippen LogP contribution is 2.38. The van der Waals surface area contributed by atoms with Crippen molar-refractivity contribution in [2.75, 3.05) is 12.3 Å². The molecule has 2 heterocycles. The van der Waals surface area contributed by atoms with Gasteiger partial charge in [-0.25, -0.2) is 4.57 Å². The van der Waals surface area contributed by atoms with Gasteiger partial charge < -0.3 is 30.5 Å². The Balaban J connectivity index is 2.12. The van der Waals surface area contributed by atoms with Gasteiger partial charge in [-0.3, -0.25) is 13.9 Å². The summed E-state index contributed by atoms with van der Waals surface area (Å²) in [6.45, 7) is -0.526. The number of rotatable bonds is 4. The van der Waals surface area contributed by atoms with Crippen molar-refractivity contribution < 1.29 is 33.8 Å². The molecule has 0 aromatic carbocycles. The summed E-state index contributed by atoms with van der Waals surface area (Å²) in [6.07, 6.45) is -1.90. The number of aromatic hydroxyl groups is 1. The Hall–Kier alpha value is -1.49. The van der Waals surface area contributed by atoms with E-state index in [1.165, 1.54) is 0 Å². The van der Waals surface area contributed by atoms with Crippen LogP contribution in [0.25, 0.3) is 0 Å². The molecule has 1 aliphatic heterocycles. The number of nitrogens with zero attached hydrogens (tertiary/aromatic N) is 2. The minimum Gasteiger partial charge on any atom is -0.502 e. The lowest BCUT2D eigenvalue weighted by atomic mass is 10.2. The lowest BCUT2D eigenvalue weighted by molar-refractivity contribution is -0.0433. The predicted octanol–water partition coefficient (Wildman–Crippen LogP) is -1.71. The second kappa shape index (κ2) is 5.72. The smallest absolute Gasteiger partial charge is 0.469 e. The Labute approximate surface area is 117 Å². The highest BCUT2D eigenvalue weighted by atomic mass is 31.2. The van der Waals surface area contributed by atoms with Gasteiger partial charge in [-0.1, -0.05) is 0 Å². The minimum absolute atomic E-state index is 0.0172. The second-order valence-corrected chi connectivity index (χ2v) is 5.65. The van der Waals surface area contributed by atoms with Crippen LogP contribution in [0.2, 0.25) is 0 Å². The van der Waals surface area contributed by atoms with Crippen molar-refractivity contribution in [1.82, 2.24) is 9.55 Å². The Kier molecular flexibility index (Phi) is 4.33. The zero-order valence-electron chi connectivity index (χ0n) is 10.6. The van der Waals surface area contributed by atoms with Crippen molar-refractivity contribution in [3.05, 3.63) is 16.6 Å². The minimum atomic E-state index is -4.68. The highest BCUT2D eigenvalue weighted by Gasteiger charge is 2.37. The van der Waals surface area contributed by atoms with Crippen LogP contribution in [0.1, 0.15) is 12.6 Å². The molecule has 2 rings (SSSR count). The van der Waals surface area contributed by atoms with Crippen molar-refractivity contribution in [3.8, 4) is 5.75 Å². The Bertz CT molecular complexity index is 628. The van der Waals surface area contributed by atoms with Crippen LogP contribution in [-0.4, -0.2) is 48.4 Å². The van der Waals surface area contributed by atoms with E-state index in [0.29, 0.717) is 0 Å². The number of ether oxygens (including phenoxy) is 1. The molecule has 1 aliphatic rings. The molecule has 1 saturated heterocycles. The fourth-order valence-electron chi connectivity index (χ4n) is 1.91. The molecule has 1 aromatic rings. The number of phosphoric ester groups is 1. The van der Waals surface area contributed by atoms with Gasteiger partial charge >= 0.3 is 13.4 Å². The van der Waals surface area contributed by atoms with E-state index >= 15 is 0 Å². The van der Waals surface area contributed by atoms with E-state index in [2.05, 4.69) is 9.51 Å². The molecule has 21 heavy (non-hydrogen) atoms. The summed E-state index contributed by atoms with van der Waals surface area (Å²) in [7, 11) is -4.68. The van der Waals surface area contributed by atoms with E-state index in [1.54, 1.807) is 0 Å². The summed E-state index contributed by atoms with van der Waals surface area (Å²) in [5.41, 5.74) is 4.63. The maximum absolute atomic E-state index is 11.1. The molecular weight excluding hydrogens is 309 g/mol. The lowest BCUT2D eigenvalue weighted by Crippen LogP contribution is -2.26. The first kappa shape index (κ1) is 15.9. The number of aliphatic hydroxyl groups excluding tert-OH is 1. The Morgan fingerprint density at radius 2 is 2.24 bits per heavy atom. The molecule has 1 aromatic heterocycles. The summed E-state index contributed by atoms with van der Waals surface area (Å²) in [5, 5.41) is 19.1. The van der Waals surface area contributed by atoms with Gasteiger partial charge in [0, 0.05) is 6.42 Å². The molecule has 0 spiro atoms. The molecule has 0 saturated carbocycles. The SMILES string of the molecule is Nc1nc(=O)c(O)cn1[C@H]1C[C@H](O)[C@@H](COP(=O)(O)O)O1. The summed E-state index contributed by atoms with van der Waals surface area (Å²) >= 11 is 0. The van der Waals surface area contributed by atoms with Crippen LogP contribution < -0.4 is 11.3 Å². The van der Waals surface area contributed by atoms with Gasteiger partial charge in [0.25, 0.3) is 0 Å². The zero-order valence-corrected chi connectivity index (χ0v) is 11.5. The molecule has 3 atom stereocenters. The maximum Gasteiger partial charge on any atom is 0.469 e. The van der Waals surface area contributed by atoms with E-state index in [0.717, 1.165) is 10.8 Å². The molecule has 12 heteroatoms. The standard InChI is InChI=1S/C9H14N3O8P/c10-9-11-8(15)5(14)2-12(9)7-1-4(13)6(20-7)3-19-21(16,17)18/h2,4,6-7,13-14H,1,3H2,(H2,10,11,15)(H2,16,17,18)/t4-,6+,7+/m0/s1. The third-order valence-corrected chi connectivity index (χ3v) is 3.37. The Morgan fingerprint density at radius 1 is 1.57 bits per heavy atom. The third-order valence-electron chi connectivity index (χ3n) is 2.88. The van der Waals surface area contributed by atoms with E-state index in [1.807, 2.05) is 0 Å². The van der Waals surface area contributed by atoms with Crippen LogP contribution in [0.5, 0.6) is 5.75 Å². The average molecular weight is 323 g/mol. The van der Waals surface area contributed by atoms with Crippen LogP contribution in [-0.2, 0) is 13.8 Å². The average Bonchev–Trinajstić information content (AvgIpc) is 2.72. The van der Waals surface area contributed by atoms with Gasteiger partial charge in [0.1, 0.15) is 12.3 Å². The van der Waals surface area contributed by atoms with Gasteiger partial charge in [-0.15, -0.1) is 0 Å². The summed E-state index contributed by atoms with van der Waals surface area (Å²) in [4.78, 5) is 31.7. The molecule has 6 N–H and O–H groups in total. The summed E-state index contributed by atoms with van der Waals surface area (Å²) in [6, 6.07) is 0. The maximum atomic E-state index is 11.1. The molecule has 0 amide bonds. The van der Waals surface area contributed by atoms with E-state index in [9.17, 15) is 19.6 Å². The molecular formula is C9H14N3O8P. The fourth-order valence-corrected chi connectivity index (χ4v) is 2.25. The molecule has 118 valence electrons. The number of nitrogen functional groups attached to an aromatic ring is 1. The quantitative estimate of drug-likeness (QED) is 0.401. The second-order valence-electron chi connectivity index (χ2n) is 4.42. The number of aliphatic hydroxyl groups is 1. The summed E-state index contributed by atoms with van der Waals surface area (Å²) < 4.78 is 21.4. The van der Waals surface area contributed by atoms with Crippen molar-refractivity contribution in [2.45, 2.75) is 24.9 Å². The largest absolute Gasteiger partial charge is 0.502 e. The van der Waals surface area contributed by atoms with Crippen molar-refractivity contribution in [2.24, 2.45) is 0 Å². The number of nitrogens with two attached hydrogens (primary N) is 1. The molecule has 0 bridgehead atoms. The first-order valence-electron chi connectivity index (χ1n) is 5.78. The predicted molar refractivity (Wildman–Crippen MR) is 67.1 cm³/mol. The number of hydrogen-bond donors (Lipinski definition) is 5. The van der Waals surface area contributed by atoms with Crippen molar-refractivity contribution in [3.63, 3.8) is 0 Å². The first-order chi connectivity index (χ1) is 9.67. The first-order valence-corrected chi connectivity index (χ1v) is 7.31. The van der Waals surface area contributed by atoms with Crippen LogP contribution in [0, 0.1) is 0 Å². The molecule has 11 nitrogen and oxygen atoms in total. The zero-order chi connectivity index (χ0) is 15.8. The van der Waals surface area contributed by atoms with E-state index < -0.39 is 44.2 Å². The van der Waals surface area contributed by atoms with E-state index in [-0.39, 0.29) is 12.4 Å². The third kappa shape index (κ3) is 3.79. The van der Waals surface area contributed by atoms with E-state index in [4.69, 9.17) is 20.3 Å². The van der Waals surface area contributed by atoms with Crippen molar-refractivity contribution in [1.29, 1.82) is 0 Å². The molecule has 0 unspecified atom stereocenters. The van der Waals surface area contributed by atoms with Crippen molar-refractivity contribution >= 4 is 13.8 Å². The fraction of sp³-hybridized carbons (Fsp3) is 0.556. The van der Waals surface area contributed by atoms with Crippen LogP contribution in [0.15, 0.2) is 11.0 Å². The Morgan fingerprint density at radius 3 is 2.86 bits per heavy atom. The highest BCUT2D eigenvalue weighted by molar-refractivity contribution is 7.46. The van der Waals surface area contributed by atoms with Crippen LogP contribution in [0.3, 0.4) is 0 Å². The van der Waals surface area contributed by atoms with Gasteiger partial charge in [0.2, 0.25) is 5.95 Å². The summed E-state index contributed by atoms with van der Waals surface area (Å²) in [5.74, 6) is -0.872. The van der Waals surface area contributed by atoms with Gasteiger partial charge in [-0.05, 0) is 0 Å². The molecule has 1 fully saturated rings. The monoisotopic (exact) mass is 323 g/mol. The topological polar surface area (TPSA) is 177 Å². The van der Waals surface area contributed by atoms with Gasteiger partial charge in [-0.2, -0.15) is 4.98 Å². The van der Waals surface area contributed by atoms with Crippen LogP contribution in [0.4, 0.5) is 5.95 Å². The molecule has 0 radical (unpaired) electrons. The normalized spacial score (nSPS) is 26.1. The lowest BCUT2D eigenvalue weighted by Gasteiger charge is -2.18. The van der Waals surface area contributed by atoms with Gasteiger partial charge in [0.15, 0.2) is 5.75 Å². The number of phosphoric acid groups is 1. The van der Waals surface area contributed by atoms with Crippen LogP contribution >= 0.6 is 7.82 Å². The van der Waals surface area contributed by atoms with Gasteiger partial charge in [0.05, 0.1) is 18.9 Å².